The summed E-state index contributed by atoms with van der Waals surface area (Å²) in [6, 6.07) is 0. The third-order valence-electron chi connectivity index (χ3n) is 0.994. The lowest BCUT2D eigenvalue weighted by Gasteiger charge is -2.04. The molecule has 1 N–H and O–H groups in total. The van der Waals surface area contributed by atoms with Crippen molar-refractivity contribution in [1.82, 2.24) is 0 Å². The van der Waals surface area contributed by atoms with E-state index in [1.54, 1.807) is 6.08 Å². The maximum absolute atomic E-state index is 10.6. The van der Waals surface area contributed by atoms with Crippen LogP contribution in [0.3, 0.4) is 0 Å². The van der Waals surface area contributed by atoms with Gasteiger partial charge in [-0.2, -0.15) is 0 Å². The molecule has 0 fully saturated rings. The van der Waals surface area contributed by atoms with Gasteiger partial charge in [0.25, 0.3) is 0 Å². The van der Waals surface area contributed by atoms with E-state index in [2.05, 4.69) is 16.1 Å². The van der Waals surface area contributed by atoms with Gasteiger partial charge in [0.05, 0.1) is 19.8 Å². The van der Waals surface area contributed by atoms with Gasteiger partial charge in [0, 0.05) is 0 Å². The molecule has 0 aliphatic rings. The van der Waals surface area contributed by atoms with Crippen LogP contribution in [0.2, 0.25) is 0 Å². The molecule has 0 rings (SSSR count). The van der Waals surface area contributed by atoms with Gasteiger partial charge >= 0.3 is 6.16 Å². The molecule has 0 radical (unpaired) electrons. The first-order valence-electron chi connectivity index (χ1n) is 3.90. The van der Waals surface area contributed by atoms with E-state index in [9.17, 15) is 4.79 Å². The van der Waals surface area contributed by atoms with E-state index in [0.29, 0.717) is 13.2 Å². The summed E-state index contributed by atoms with van der Waals surface area (Å²) in [5, 5.41) is 8.29. The lowest BCUT2D eigenvalue weighted by atomic mass is 10.7. The zero-order chi connectivity index (χ0) is 9.94. The van der Waals surface area contributed by atoms with Crippen molar-refractivity contribution >= 4 is 6.16 Å². The predicted molar refractivity (Wildman–Crippen MR) is 45.4 cm³/mol. The molecular formula is C8H14O5. The van der Waals surface area contributed by atoms with Gasteiger partial charge in [0.2, 0.25) is 0 Å². The second-order valence-electron chi connectivity index (χ2n) is 2.03. The number of aliphatic hydroxyl groups excluding tert-OH is 1. The Morgan fingerprint density at radius 1 is 1.31 bits per heavy atom. The Hall–Kier alpha value is -1.07. The zero-order valence-electron chi connectivity index (χ0n) is 7.40. The molecule has 0 aromatic rings. The maximum atomic E-state index is 10.6. The second kappa shape index (κ2) is 9.02. The highest BCUT2D eigenvalue weighted by molar-refractivity contribution is 5.59. The van der Waals surface area contributed by atoms with Crippen LogP contribution in [0.1, 0.15) is 0 Å². The van der Waals surface area contributed by atoms with Gasteiger partial charge < -0.3 is 19.3 Å². The van der Waals surface area contributed by atoms with E-state index in [1.165, 1.54) is 0 Å². The van der Waals surface area contributed by atoms with Crippen molar-refractivity contribution in [2.24, 2.45) is 0 Å². The van der Waals surface area contributed by atoms with Crippen LogP contribution in [0.15, 0.2) is 12.7 Å². The lowest BCUT2D eigenvalue weighted by molar-refractivity contribution is 0.0242. The van der Waals surface area contributed by atoms with E-state index in [1.807, 2.05) is 0 Å². The first-order chi connectivity index (χ1) is 6.31. The molecule has 5 nitrogen and oxygen atoms in total. The Balaban J connectivity index is 3.12. The van der Waals surface area contributed by atoms with E-state index < -0.39 is 6.16 Å². The molecule has 0 aromatic heterocycles. The van der Waals surface area contributed by atoms with Gasteiger partial charge in [-0.15, -0.1) is 6.58 Å². The van der Waals surface area contributed by atoms with Crippen LogP contribution >= 0.6 is 0 Å². The van der Waals surface area contributed by atoms with E-state index in [0.717, 1.165) is 0 Å². The molecule has 0 saturated carbocycles. The molecule has 0 aliphatic carbocycles. The van der Waals surface area contributed by atoms with Crippen molar-refractivity contribution in [3.05, 3.63) is 12.7 Å². The fourth-order valence-electron chi connectivity index (χ4n) is 0.521. The van der Waals surface area contributed by atoms with Gasteiger partial charge in [-0.05, 0) is 0 Å². The highest BCUT2D eigenvalue weighted by Gasteiger charge is 2.01. The van der Waals surface area contributed by atoms with Crippen molar-refractivity contribution in [1.29, 1.82) is 0 Å². The Bertz CT molecular complexity index is 145. The number of carbonyl (C=O) groups excluding carboxylic acids is 1. The topological polar surface area (TPSA) is 65.0 Å². The summed E-state index contributed by atoms with van der Waals surface area (Å²) < 4.78 is 13.9. The number of aliphatic hydroxyl groups is 1. The summed E-state index contributed by atoms with van der Waals surface area (Å²) in [5.41, 5.74) is 0. The normalized spacial score (nSPS) is 9.31. The van der Waals surface area contributed by atoms with Gasteiger partial charge in [-0.3, -0.25) is 0 Å². The van der Waals surface area contributed by atoms with Crippen LogP contribution in [-0.4, -0.2) is 44.3 Å². The molecule has 0 heterocycles. The summed E-state index contributed by atoms with van der Waals surface area (Å²) in [4.78, 5) is 10.6. The Kier molecular flexibility index (Phi) is 8.28. The summed E-state index contributed by atoms with van der Waals surface area (Å²) in [6.07, 6.45) is 0.806. The smallest absolute Gasteiger partial charge is 0.432 e. The van der Waals surface area contributed by atoms with Gasteiger partial charge in [0.1, 0.15) is 13.2 Å². The number of hydrogen-bond donors (Lipinski definition) is 1. The maximum Gasteiger partial charge on any atom is 0.508 e. The monoisotopic (exact) mass is 190 g/mol. The standard InChI is InChI=1S/C8H14O5/c1-2-4-11-6-7-13-8(10)12-5-3-9/h2,9H,1,3-7H2. The van der Waals surface area contributed by atoms with Gasteiger partial charge in [-0.1, -0.05) is 6.08 Å². The highest BCUT2D eigenvalue weighted by Crippen LogP contribution is 1.85. The van der Waals surface area contributed by atoms with Crippen molar-refractivity contribution in [2.75, 3.05) is 33.0 Å². The molecule has 0 aliphatic heterocycles. The van der Waals surface area contributed by atoms with Crippen molar-refractivity contribution < 1.29 is 24.1 Å². The molecule has 0 aromatic carbocycles. The molecule has 0 saturated heterocycles. The Labute approximate surface area is 76.9 Å². The Morgan fingerprint density at radius 2 is 2.00 bits per heavy atom. The van der Waals surface area contributed by atoms with E-state index in [-0.39, 0.29) is 19.8 Å². The average Bonchev–Trinajstić information content (AvgIpc) is 2.14. The first-order valence-corrected chi connectivity index (χ1v) is 3.90. The van der Waals surface area contributed by atoms with Gasteiger partial charge in [0.15, 0.2) is 0 Å². The predicted octanol–water partition coefficient (Wildman–Crippen LogP) is 0.334. The lowest BCUT2D eigenvalue weighted by Crippen LogP contribution is -2.13. The largest absolute Gasteiger partial charge is 0.508 e. The van der Waals surface area contributed by atoms with Crippen LogP contribution in [0.25, 0.3) is 0 Å². The highest BCUT2D eigenvalue weighted by atomic mass is 16.7. The minimum absolute atomic E-state index is 0.0493. The van der Waals surface area contributed by atoms with Crippen molar-refractivity contribution in [3.63, 3.8) is 0 Å². The molecule has 0 amide bonds. The summed E-state index contributed by atoms with van der Waals surface area (Å²) in [5.74, 6) is 0. The average molecular weight is 190 g/mol. The van der Waals surface area contributed by atoms with Crippen LogP contribution in [-0.2, 0) is 14.2 Å². The van der Waals surface area contributed by atoms with Gasteiger partial charge in [-0.25, -0.2) is 4.79 Å². The third-order valence-corrected chi connectivity index (χ3v) is 0.994. The third kappa shape index (κ3) is 8.84. The van der Waals surface area contributed by atoms with Crippen molar-refractivity contribution in [3.8, 4) is 0 Å². The molecule has 13 heavy (non-hydrogen) atoms. The molecule has 0 unspecified atom stereocenters. The molecule has 5 heteroatoms. The van der Waals surface area contributed by atoms with E-state index >= 15 is 0 Å². The van der Waals surface area contributed by atoms with Crippen molar-refractivity contribution in [2.45, 2.75) is 0 Å². The molecule has 0 atom stereocenters. The number of ether oxygens (including phenoxy) is 3. The fraction of sp³-hybridized carbons (Fsp3) is 0.625. The quantitative estimate of drug-likeness (QED) is 0.356. The number of hydrogen-bond acceptors (Lipinski definition) is 5. The van der Waals surface area contributed by atoms with Crippen LogP contribution in [0.5, 0.6) is 0 Å². The van der Waals surface area contributed by atoms with Crippen LogP contribution in [0.4, 0.5) is 4.79 Å². The van der Waals surface area contributed by atoms with E-state index in [4.69, 9.17) is 9.84 Å². The fourth-order valence-corrected chi connectivity index (χ4v) is 0.521. The molecule has 0 spiro atoms. The number of rotatable bonds is 7. The molecule has 0 bridgehead atoms. The molecular weight excluding hydrogens is 176 g/mol. The Morgan fingerprint density at radius 3 is 2.62 bits per heavy atom. The minimum atomic E-state index is -0.795. The van der Waals surface area contributed by atoms with Crippen LogP contribution in [0, 0.1) is 0 Å². The minimum Gasteiger partial charge on any atom is -0.432 e. The second-order valence-corrected chi connectivity index (χ2v) is 2.03. The first kappa shape index (κ1) is 11.9. The summed E-state index contributed by atoms with van der Waals surface area (Å²) in [7, 11) is 0. The number of carbonyl (C=O) groups is 1. The zero-order valence-corrected chi connectivity index (χ0v) is 7.40. The summed E-state index contributed by atoms with van der Waals surface area (Å²) in [6.45, 7) is 4.06. The molecule has 76 valence electrons. The van der Waals surface area contributed by atoms with Crippen LogP contribution < -0.4 is 0 Å². The summed E-state index contributed by atoms with van der Waals surface area (Å²) >= 11 is 0. The SMILES string of the molecule is C=CCOCCOC(=O)OCCO.